The molecule has 0 fully saturated rings. The van der Waals surface area contributed by atoms with Gasteiger partial charge in [0.2, 0.25) is 0 Å². The zero-order chi connectivity index (χ0) is 17.3. The van der Waals surface area contributed by atoms with E-state index in [1.807, 2.05) is 12.1 Å². The molecule has 1 aromatic carbocycles. The molecule has 124 valence electrons. The van der Waals surface area contributed by atoms with E-state index in [4.69, 9.17) is 0 Å². The fraction of sp³-hybridized carbons (Fsp3) is 0.400. The molecule has 0 radical (unpaired) electrons. The van der Waals surface area contributed by atoms with Crippen molar-refractivity contribution in [2.75, 3.05) is 0 Å². The summed E-state index contributed by atoms with van der Waals surface area (Å²) in [6.07, 6.45) is 4.93. The molecule has 0 bridgehead atoms. The van der Waals surface area contributed by atoms with E-state index in [0.717, 1.165) is 35.4 Å². The molecule has 4 heteroatoms. The Labute approximate surface area is 147 Å². The van der Waals surface area contributed by atoms with Gasteiger partial charge in [-0.3, -0.25) is 0 Å². The maximum Gasteiger partial charge on any atom is 0.134 e. The Balaban J connectivity index is 1.89. The van der Waals surface area contributed by atoms with Crippen LogP contribution in [0.5, 0.6) is 5.75 Å². The van der Waals surface area contributed by atoms with Gasteiger partial charge in [-0.2, -0.15) is 5.26 Å². The Kier molecular flexibility index (Phi) is 4.47. The number of hydrogen-bond donors (Lipinski definition) is 1. The predicted molar refractivity (Wildman–Crippen MR) is 99.4 cm³/mol. The summed E-state index contributed by atoms with van der Waals surface area (Å²) in [5.41, 5.74) is 3.16. The van der Waals surface area contributed by atoms with Gasteiger partial charge in [0.25, 0.3) is 0 Å². The summed E-state index contributed by atoms with van der Waals surface area (Å²) in [5, 5.41) is 19.7. The minimum Gasteiger partial charge on any atom is -0.508 e. The highest BCUT2D eigenvalue weighted by atomic mass is 32.1. The van der Waals surface area contributed by atoms with Gasteiger partial charge < -0.3 is 5.11 Å². The Hall–Kier alpha value is -2.12. The molecule has 1 atom stereocenters. The second kappa shape index (κ2) is 6.41. The fourth-order valence-corrected chi connectivity index (χ4v) is 4.43. The minimum atomic E-state index is 0.240. The van der Waals surface area contributed by atoms with Gasteiger partial charge in [0.1, 0.15) is 16.8 Å². The number of rotatable bonds is 2. The molecule has 0 aliphatic heterocycles. The van der Waals surface area contributed by atoms with Gasteiger partial charge in [-0.05, 0) is 66.0 Å². The lowest BCUT2D eigenvalue weighted by atomic mass is 9.72. The Morgan fingerprint density at radius 3 is 2.62 bits per heavy atom. The highest BCUT2D eigenvalue weighted by molar-refractivity contribution is 7.16. The molecule has 0 saturated heterocycles. The van der Waals surface area contributed by atoms with E-state index in [2.05, 4.69) is 31.8 Å². The third kappa shape index (κ3) is 3.37. The van der Waals surface area contributed by atoms with E-state index < -0.39 is 0 Å². The van der Waals surface area contributed by atoms with Gasteiger partial charge in [0.15, 0.2) is 0 Å². The highest BCUT2D eigenvalue weighted by Crippen LogP contribution is 2.44. The van der Waals surface area contributed by atoms with E-state index in [9.17, 15) is 10.4 Å². The molecule has 2 aromatic rings. The van der Waals surface area contributed by atoms with Gasteiger partial charge in [-0.15, -0.1) is 11.3 Å². The zero-order valence-corrected chi connectivity index (χ0v) is 15.2. The number of benzene rings is 1. The fourth-order valence-electron chi connectivity index (χ4n) is 3.21. The molecule has 0 saturated carbocycles. The topological polar surface area (TPSA) is 56.4 Å². The average Bonchev–Trinajstić information content (AvgIpc) is 2.90. The Bertz CT molecular complexity index is 804. The molecule has 3 rings (SSSR count). The Morgan fingerprint density at radius 1 is 1.29 bits per heavy atom. The van der Waals surface area contributed by atoms with Crippen LogP contribution in [0.4, 0.5) is 5.00 Å². The van der Waals surface area contributed by atoms with Gasteiger partial charge in [0, 0.05) is 11.1 Å². The third-order valence-electron chi connectivity index (χ3n) is 4.81. The number of hydrogen-bond acceptors (Lipinski definition) is 4. The van der Waals surface area contributed by atoms with Crippen molar-refractivity contribution in [1.29, 1.82) is 5.26 Å². The summed E-state index contributed by atoms with van der Waals surface area (Å²) in [4.78, 5) is 5.89. The first-order valence-corrected chi connectivity index (χ1v) is 9.08. The minimum absolute atomic E-state index is 0.240. The standard InChI is InChI=1S/C20H22N2OS/c1-20(2,3)14-6-9-16-17(11-21)19(24-18(16)10-14)22-12-13-4-7-15(23)8-5-13/h4-5,7-8,12,14,23H,6,9-10H2,1-3H3/t14-/m0/s1. The first kappa shape index (κ1) is 16.7. The number of aromatic hydroxyl groups is 1. The van der Waals surface area contributed by atoms with Crippen LogP contribution in [0.15, 0.2) is 29.3 Å². The second-order valence-electron chi connectivity index (χ2n) is 7.45. The van der Waals surface area contributed by atoms with E-state index in [1.54, 1.807) is 29.7 Å². The van der Waals surface area contributed by atoms with Crippen molar-refractivity contribution < 1.29 is 5.11 Å². The van der Waals surface area contributed by atoms with E-state index in [-0.39, 0.29) is 5.75 Å². The van der Waals surface area contributed by atoms with Crippen LogP contribution in [0, 0.1) is 22.7 Å². The largest absolute Gasteiger partial charge is 0.508 e. The molecule has 1 aliphatic rings. The van der Waals surface area contributed by atoms with Crippen molar-refractivity contribution in [3.8, 4) is 11.8 Å². The van der Waals surface area contributed by atoms with Gasteiger partial charge in [0.05, 0.1) is 5.56 Å². The molecule has 0 spiro atoms. The first-order chi connectivity index (χ1) is 11.4. The monoisotopic (exact) mass is 338 g/mol. The zero-order valence-electron chi connectivity index (χ0n) is 14.3. The summed E-state index contributed by atoms with van der Waals surface area (Å²) in [7, 11) is 0. The van der Waals surface area contributed by atoms with Gasteiger partial charge >= 0.3 is 0 Å². The lowest BCUT2D eigenvalue weighted by molar-refractivity contribution is 0.218. The van der Waals surface area contributed by atoms with Crippen LogP contribution < -0.4 is 0 Å². The summed E-state index contributed by atoms with van der Waals surface area (Å²) < 4.78 is 0. The van der Waals surface area contributed by atoms with Crippen LogP contribution in [0.1, 0.15) is 48.8 Å². The number of phenols is 1. The number of nitrogens with zero attached hydrogens (tertiary/aromatic N) is 2. The van der Waals surface area contributed by atoms with Crippen LogP contribution in [0.3, 0.4) is 0 Å². The second-order valence-corrected chi connectivity index (χ2v) is 8.53. The smallest absolute Gasteiger partial charge is 0.134 e. The molecule has 1 heterocycles. The van der Waals surface area contributed by atoms with Crippen molar-refractivity contribution in [2.24, 2.45) is 16.3 Å². The SMILES string of the molecule is CC(C)(C)[C@H]1CCc2c(sc(N=Cc3ccc(O)cc3)c2C#N)C1. The van der Waals surface area contributed by atoms with Crippen molar-refractivity contribution in [2.45, 2.75) is 40.0 Å². The normalized spacial score (nSPS) is 17.7. The van der Waals surface area contributed by atoms with Gasteiger partial charge in [-0.1, -0.05) is 20.8 Å². The van der Waals surface area contributed by atoms with E-state index in [1.165, 1.54) is 10.4 Å². The first-order valence-electron chi connectivity index (χ1n) is 8.26. The molecule has 1 N–H and O–H groups in total. The highest BCUT2D eigenvalue weighted by Gasteiger charge is 2.32. The van der Waals surface area contributed by atoms with Gasteiger partial charge in [-0.25, -0.2) is 4.99 Å². The van der Waals surface area contributed by atoms with Crippen LogP contribution in [-0.4, -0.2) is 11.3 Å². The maximum absolute atomic E-state index is 9.57. The maximum atomic E-state index is 9.57. The number of aliphatic imine (C=N–C) groups is 1. The molecule has 1 aromatic heterocycles. The molecule has 24 heavy (non-hydrogen) atoms. The molecule has 1 aliphatic carbocycles. The molecular formula is C20H22N2OS. The third-order valence-corrected chi connectivity index (χ3v) is 5.97. The Morgan fingerprint density at radius 2 is 2.00 bits per heavy atom. The average molecular weight is 338 g/mol. The summed E-state index contributed by atoms with van der Waals surface area (Å²) in [5.74, 6) is 0.897. The van der Waals surface area contributed by atoms with Crippen molar-refractivity contribution in [1.82, 2.24) is 0 Å². The molecule has 0 unspecified atom stereocenters. The van der Waals surface area contributed by atoms with Crippen LogP contribution in [-0.2, 0) is 12.8 Å². The van der Waals surface area contributed by atoms with E-state index >= 15 is 0 Å². The molecular weight excluding hydrogens is 316 g/mol. The number of fused-ring (bicyclic) bond motifs is 1. The predicted octanol–water partition coefficient (Wildman–Crippen LogP) is 5.23. The van der Waals surface area contributed by atoms with Crippen molar-refractivity contribution >= 4 is 22.6 Å². The lowest BCUT2D eigenvalue weighted by Gasteiger charge is -2.33. The summed E-state index contributed by atoms with van der Waals surface area (Å²) >= 11 is 1.66. The van der Waals surface area contributed by atoms with Crippen LogP contribution >= 0.6 is 11.3 Å². The number of phenolic OH excluding ortho intramolecular Hbond substituents is 1. The van der Waals surface area contributed by atoms with E-state index in [0.29, 0.717) is 11.3 Å². The van der Waals surface area contributed by atoms with Crippen LogP contribution in [0.25, 0.3) is 0 Å². The number of nitriles is 1. The number of thiophene rings is 1. The van der Waals surface area contributed by atoms with Crippen molar-refractivity contribution in [3.05, 3.63) is 45.8 Å². The van der Waals surface area contributed by atoms with Crippen LogP contribution in [0.2, 0.25) is 0 Å². The van der Waals surface area contributed by atoms with Crippen molar-refractivity contribution in [3.63, 3.8) is 0 Å². The quantitative estimate of drug-likeness (QED) is 0.763. The molecule has 0 amide bonds. The lowest BCUT2D eigenvalue weighted by Crippen LogP contribution is -2.26. The summed E-state index contributed by atoms with van der Waals surface area (Å²) in [6.45, 7) is 6.89. The summed E-state index contributed by atoms with van der Waals surface area (Å²) in [6, 6.07) is 9.26. The molecule has 3 nitrogen and oxygen atoms in total.